The number of carbonyl (C=O) groups excluding carboxylic acids is 1. The van der Waals surface area contributed by atoms with Gasteiger partial charge < -0.3 is 9.80 Å². The van der Waals surface area contributed by atoms with Crippen LogP contribution in [0.15, 0.2) is 36.5 Å². The van der Waals surface area contributed by atoms with E-state index in [1.807, 2.05) is 30.1 Å². The smallest absolute Gasteiger partial charge is 0.360 e. The monoisotopic (exact) mass is 435 g/mol. The number of rotatable bonds is 2. The number of hydrogen-bond acceptors (Lipinski definition) is 5. The predicted molar refractivity (Wildman–Crippen MR) is 113 cm³/mol. The molecule has 9 heteroatoms. The van der Waals surface area contributed by atoms with Crippen molar-refractivity contribution in [1.82, 2.24) is 19.8 Å². The number of nitrogens with zero attached hydrogens (tertiary/aromatic N) is 5. The van der Waals surface area contributed by atoms with E-state index in [1.54, 1.807) is 11.9 Å². The molecule has 31 heavy (non-hydrogen) atoms. The Balaban J connectivity index is 1.73. The van der Waals surface area contributed by atoms with Gasteiger partial charge in [-0.25, -0.2) is 4.98 Å². The van der Waals surface area contributed by atoms with Crippen molar-refractivity contribution in [2.75, 3.05) is 45.2 Å². The molecule has 0 N–H and O–H groups in total. The molecule has 0 aromatic carbocycles. The molecule has 0 spiro atoms. The summed E-state index contributed by atoms with van der Waals surface area (Å²) in [6.07, 6.45) is -0.868. The molecule has 0 fully saturated rings. The average Bonchev–Trinajstić information content (AvgIpc) is 2.72. The van der Waals surface area contributed by atoms with Crippen LogP contribution < -0.4 is 4.90 Å². The van der Waals surface area contributed by atoms with Crippen LogP contribution in [0.2, 0.25) is 0 Å². The van der Waals surface area contributed by atoms with Crippen molar-refractivity contribution >= 4 is 11.7 Å². The second kappa shape index (κ2) is 10.1. The van der Waals surface area contributed by atoms with Crippen molar-refractivity contribution in [3.8, 4) is 0 Å². The summed E-state index contributed by atoms with van der Waals surface area (Å²) in [4.78, 5) is 26.7. The SMILES string of the molecule is CN1CCCN(C)c2cccc(n2)CCCN(Cc2ccc(C(F)(F)F)nc2)CC1=O. The van der Waals surface area contributed by atoms with Crippen molar-refractivity contribution in [1.29, 1.82) is 0 Å². The van der Waals surface area contributed by atoms with Gasteiger partial charge in [-0.2, -0.15) is 13.2 Å². The van der Waals surface area contributed by atoms with Crippen LogP contribution in [0.1, 0.15) is 29.8 Å². The van der Waals surface area contributed by atoms with Gasteiger partial charge >= 0.3 is 6.18 Å². The second-order valence-electron chi connectivity index (χ2n) is 7.94. The van der Waals surface area contributed by atoms with E-state index < -0.39 is 11.9 Å². The Bertz CT molecular complexity index is 872. The molecule has 0 unspecified atom stereocenters. The zero-order valence-electron chi connectivity index (χ0n) is 17.9. The fourth-order valence-corrected chi connectivity index (χ4v) is 3.56. The van der Waals surface area contributed by atoms with Crippen molar-refractivity contribution in [2.24, 2.45) is 0 Å². The zero-order valence-corrected chi connectivity index (χ0v) is 17.9. The molecule has 2 aromatic rings. The van der Waals surface area contributed by atoms with E-state index in [9.17, 15) is 18.0 Å². The normalized spacial score (nSPS) is 17.5. The van der Waals surface area contributed by atoms with Crippen LogP contribution in [0.3, 0.4) is 0 Å². The lowest BCUT2D eigenvalue weighted by Crippen LogP contribution is -2.40. The number of halogens is 3. The van der Waals surface area contributed by atoms with Gasteiger partial charge in [0.25, 0.3) is 0 Å². The highest BCUT2D eigenvalue weighted by Gasteiger charge is 2.32. The lowest BCUT2D eigenvalue weighted by Gasteiger charge is -2.27. The molecule has 168 valence electrons. The summed E-state index contributed by atoms with van der Waals surface area (Å²) < 4.78 is 38.3. The Hall–Kier alpha value is -2.68. The van der Waals surface area contributed by atoms with E-state index in [4.69, 9.17) is 4.98 Å². The fraction of sp³-hybridized carbons (Fsp3) is 0.500. The number of hydrogen-bond donors (Lipinski definition) is 0. The summed E-state index contributed by atoms with van der Waals surface area (Å²) in [6, 6.07) is 8.39. The maximum Gasteiger partial charge on any atom is 0.433 e. The molecular formula is C22H28F3N5O. The number of fused-ring (bicyclic) bond motifs is 2. The first-order chi connectivity index (χ1) is 14.7. The number of alkyl halides is 3. The number of aryl methyl sites for hydroxylation is 1. The van der Waals surface area contributed by atoms with Crippen molar-refractivity contribution < 1.29 is 18.0 Å². The number of amides is 1. The topological polar surface area (TPSA) is 52.6 Å². The van der Waals surface area contributed by atoms with Crippen molar-refractivity contribution in [3.05, 3.63) is 53.5 Å². The third-order valence-corrected chi connectivity index (χ3v) is 5.38. The van der Waals surface area contributed by atoms with Gasteiger partial charge in [-0.15, -0.1) is 0 Å². The molecule has 0 radical (unpaired) electrons. The molecule has 0 atom stereocenters. The fourth-order valence-electron chi connectivity index (χ4n) is 3.56. The van der Waals surface area contributed by atoms with E-state index in [-0.39, 0.29) is 12.5 Å². The van der Waals surface area contributed by atoms with Crippen LogP contribution >= 0.6 is 0 Å². The first-order valence-corrected chi connectivity index (χ1v) is 10.4. The Kier molecular flexibility index (Phi) is 7.48. The molecule has 0 saturated carbocycles. The van der Waals surface area contributed by atoms with Gasteiger partial charge in [0.2, 0.25) is 5.91 Å². The van der Waals surface area contributed by atoms with Crippen LogP contribution in [0, 0.1) is 0 Å². The first kappa shape index (κ1) is 23.0. The van der Waals surface area contributed by atoms with Gasteiger partial charge in [0.15, 0.2) is 0 Å². The largest absolute Gasteiger partial charge is 0.433 e. The van der Waals surface area contributed by atoms with Crippen LogP contribution in [0.5, 0.6) is 0 Å². The molecule has 6 nitrogen and oxygen atoms in total. The van der Waals surface area contributed by atoms with E-state index in [0.29, 0.717) is 25.2 Å². The summed E-state index contributed by atoms with van der Waals surface area (Å²) in [5, 5.41) is 0. The van der Waals surface area contributed by atoms with Gasteiger partial charge in [0.05, 0.1) is 6.54 Å². The van der Waals surface area contributed by atoms with Crippen molar-refractivity contribution in [3.63, 3.8) is 0 Å². The lowest BCUT2D eigenvalue weighted by molar-refractivity contribution is -0.141. The van der Waals surface area contributed by atoms with Gasteiger partial charge in [-0.05, 0) is 49.6 Å². The van der Waals surface area contributed by atoms with E-state index >= 15 is 0 Å². The molecular weight excluding hydrogens is 407 g/mol. The maximum atomic E-state index is 12.8. The Morgan fingerprint density at radius 1 is 1.00 bits per heavy atom. The third-order valence-electron chi connectivity index (χ3n) is 5.38. The quantitative estimate of drug-likeness (QED) is 0.725. The van der Waals surface area contributed by atoms with E-state index in [1.165, 1.54) is 12.3 Å². The van der Waals surface area contributed by atoms with Crippen LogP contribution in [-0.2, 0) is 23.9 Å². The number of anilines is 1. The maximum absolute atomic E-state index is 12.8. The highest BCUT2D eigenvalue weighted by atomic mass is 19.4. The highest BCUT2D eigenvalue weighted by Crippen LogP contribution is 2.27. The summed E-state index contributed by atoms with van der Waals surface area (Å²) in [5.41, 5.74) is 0.719. The first-order valence-electron chi connectivity index (χ1n) is 10.4. The van der Waals surface area contributed by atoms with Gasteiger partial charge in [-0.1, -0.05) is 12.1 Å². The predicted octanol–water partition coefficient (Wildman–Crippen LogP) is 3.23. The van der Waals surface area contributed by atoms with Crippen molar-refractivity contribution in [2.45, 2.75) is 32.0 Å². The standard InChI is InChI=1S/C22H28F3N5O/c1-28-11-5-12-29(2)21(31)16-30(13-4-7-18-6-3-8-20(28)27-18)15-17-9-10-19(26-14-17)22(23,24)25/h3,6,8-10,14H,4-5,7,11-13,15-16H2,1-2H3. The highest BCUT2D eigenvalue weighted by molar-refractivity contribution is 5.78. The van der Waals surface area contributed by atoms with Gasteiger partial charge in [-0.3, -0.25) is 14.7 Å². The number of pyridine rings is 2. The Morgan fingerprint density at radius 3 is 2.48 bits per heavy atom. The van der Waals surface area contributed by atoms with Crippen LogP contribution in [0.25, 0.3) is 0 Å². The molecule has 2 aromatic heterocycles. The minimum absolute atomic E-state index is 0.00349. The van der Waals surface area contributed by atoms with Crippen LogP contribution in [0.4, 0.5) is 19.0 Å². The summed E-state index contributed by atoms with van der Waals surface area (Å²) >= 11 is 0. The molecule has 3 rings (SSSR count). The average molecular weight is 435 g/mol. The molecule has 1 aliphatic heterocycles. The molecule has 0 aliphatic carbocycles. The lowest BCUT2D eigenvalue weighted by atomic mass is 10.2. The summed E-state index contributed by atoms with van der Waals surface area (Å²) in [7, 11) is 3.78. The summed E-state index contributed by atoms with van der Waals surface area (Å²) in [5.74, 6) is 0.910. The molecule has 0 saturated heterocycles. The molecule has 3 heterocycles. The Labute approximate surface area is 180 Å². The molecule has 1 amide bonds. The van der Waals surface area contributed by atoms with Gasteiger partial charge in [0.1, 0.15) is 11.5 Å². The number of aromatic nitrogens is 2. The minimum Gasteiger partial charge on any atom is -0.360 e. The molecule has 2 bridgehead atoms. The summed E-state index contributed by atoms with van der Waals surface area (Å²) in [6.45, 7) is 2.61. The minimum atomic E-state index is -4.46. The zero-order chi connectivity index (χ0) is 22.4. The molecule has 1 aliphatic rings. The number of likely N-dealkylation sites (N-methyl/N-ethyl adjacent to an activating group) is 1. The van der Waals surface area contributed by atoms with E-state index in [2.05, 4.69) is 9.88 Å². The van der Waals surface area contributed by atoms with Gasteiger partial charge in [0, 0.05) is 45.6 Å². The van der Waals surface area contributed by atoms with E-state index in [0.717, 1.165) is 43.4 Å². The third kappa shape index (κ3) is 6.65. The second-order valence-corrected chi connectivity index (χ2v) is 7.94. The Morgan fingerprint density at radius 2 is 1.77 bits per heavy atom. The van der Waals surface area contributed by atoms with Crippen LogP contribution in [-0.4, -0.2) is 65.9 Å². The number of carbonyl (C=O) groups is 1.